The van der Waals surface area contributed by atoms with E-state index >= 15 is 0 Å². The molecule has 0 spiro atoms. The smallest absolute Gasteiger partial charge is 0.0718 e. The summed E-state index contributed by atoms with van der Waals surface area (Å²) in [5, 5.41) is 0.0992. The van der Waals surface area contributed by atoms with Crippen LogP contribution in [0, 0.1) is 6.92 Å². The minimum Gasteiger partial charge on any atom is -0.144 e. The van der Waals surface area contributed by atoms with Gasteiger partial charge in [-0.25, -0.2) is 0 Å². The fourth-order valence-electron chi connectivity index (χ4n) is 1.90. The van der Waals surface area contributed by atoms with Gasteiger partial charge in [0, 0.05) is 9.75 Å². The van der Waals surface area contributed by atoms with Crippen molar-refractivity contribution >= 4 is 22.9 Å². The summed E-state index contributed by atoms with van der Waals surface area (Å²) < 4.78 is 0. The molecule has 0 aliphatic heterocycles. The second-order valence-electron chi connectivity index (χ2n) is 4.32. The summed E-state index contributed by atoms with van der Waals surface area (Å²) >= 11 is 8.31. The third-order valence-electron chi connectivity index (χ3n) is 2.84. The van der Waals surface area contributed by atoms with Crippen molar-refractivity contribution in [3.63, 3.8) is 0 Å². The van der Waals surface area contributed by atoms with Crippen LogP contribution in [0.25, 0.3) is 0 Å². The molecule has 0 bridgehead atoms. The molecule has 0 aliphatic rings. The summed E-state index contributed by atoms with van der Waals surface area (Å²) in [6.45, 7) is 4.30. The van der Waals surface area contributed by atoms with Gasteiger partial charge in [0.25, 0.3) is 0 Å². The first-order valence-electron chi connectivity index (χ1n) is 5.97. The van der Waals surface area contributed by atoms with E-state index in [2.05, 4.69) is 50.2 Å². The van der Waals surface area contributed by atoms with Gasteiger partial charge in [0.05, 0.1) is 5.38 Å². The predicted octanol–water partition coefficient (Wildman–Crippen LogP) is 5.14. The summed E-state index contributed by atoms with van der Waals surface area (Å²) in [6, 6.07) is 12.9. The zero-order chi connectivity index (χ0) is 12.3. The highest BCUT2D eigenvalue weighted by atomic mass is 35.5. The van der Waals surface area contributed by atoms with E-state index in [0.717, 1.165) is 12.8 Å². The molecule has 17 heavy (non-hydrogen) atoms. The molecule has 0 amide bonds. The van der Waals surface area contributed by atoms with E-state index in [1.807, 2.05) is 11.3 Å². The van der Waals surface area contributed by atoms with Gasteiger partial charge in [-0.05, 0) is 37.5 Å². The third-order valence-corrected chi connectivity index (χ3v) is 4.70. The quantitative estimate of drug-likeness (QED) is 0.671. The zero-order valence-corrected chi connectivity index (χ0v) is 11.8. The monoisotopic (exact) mass is 264 g/mol. The Labute approximate surface area is 112 Å². The summed E-state index contributed by atoms with van der Waals surface area (Å²) in [5.41, 5.74) is 2.61. The Hall–Kier alpha value is -0.790. The van der Waals surface area contributed by atoms with Crippen LogP contribution in [0.5, 0.6) is 0 Å². The first-order chi connectivity index (χ1) is 8.19. The fraction of sp³-hybridized carbons (Fsp3) is 0.333. The number of hydrogen-bond donors (Lipinski definition) is 0. The van der Waals surface area contributed by atoms with Gasteiger partial charge >= 0.3 is 0 Å². The molecule has 0 fully saturated rings. The third kappa shape index (κ3) is 3.34. The molecule has 1 unspecified atom stereocenters. The van der Waals surface area contributed by atoms with E-state index in [1.165, 1.54) is 20.9 Å². The zero-order valence-electron chi connectivity index (χ0n) is 10.2. The minimum absolute atomic E-state index is 0.0992. The average Bonchev–Trinajstić information content (AvgIpc) is 2.77. The van der Waals surface area contributed by atoms with Crippen molar-refractivity contribution < 1.29 is 0 Å². The Morgan fingerprint density at radius 2 is 2.06 bits per heavy atom. The summed E-state index contributed by atoms with van der Waals surface area (Å²) in [5.74, 6) is 0. The van der Waals surface area contributed by atoms with Crippen LogP contribution >= 0.6 is 22.9 Å². The highest BCUT2D eigenvalue weighted by molar-refractivity contribution is 7.12. The fourth-order valence-corrected chi connectivity index (χ4v) is 3.21. The Bertz CT molecular complexity index is 487. The summed E-state index contributed by atoms with van der Waals surface area (Å²) in [4.78, 5) is 2.69. The number of thiophene rings is 1. The lowest BCUT2D eigenvalue weighted by Crippen LogP contribution is -1.93. The molecular weight excluding hydrogens is 248 g/mol. The molecule has 1 heterocycles. The number of alkyl halides is 1. The number of rotatable bonds is 4. The molecule has 1 atom stereocenters. The van der Waals surface area contributed by atoms with E-state index in [0.29, 0.717) is 0 Å². The molecule has 2 rings (SSSR count). The molecule has 0 saturated heterocycles. The Morgan fingerprint density at radius 3 is 2.71 bits per heavy atom. The van der Waals surface area contributed by atoms with Crippen LogP contribution in [0.4, 0.5) is 0 Å². The Balaban J connectivity index is 2.08. The molecular formula is C15H17ClS. The highest BCUT2D eigenvalue weighted by Crippen LogP contribution is 2.31. The van der Waals surface area contributed by atoms with Crippen molar-refractivity contribution in [1.82, 2.24) is 0 Å². The lowest BCUT2D eigenvalue weighted by atomic mass is 10.1. The van der Waals surface area contributed by atoms with Gasteiger partial charge in [0.1, 0.15) is 0 Å². The van der Waals surface area contributed by atoms with Crippen molar-refractivity contribution in [3.05, 3.63) is 57.3 Å². The van der Waals surface area contributed by atoms with Gasteiger partial charge < -0.3 is 0 Å². The van der Waals surface area contributed by atoms with Crippen molar-refractivity contribution in [2.45, 2.75) is 32.1 Å². The van der Waals surface area contributed by atoms with E-state index in [-0.39, 0.29) is 5.38 Å². The van der Waals surface area contributed by atoms with Crippen molar-refractivity contribution in [2.24, 2.45) is 0 Å². The van der Waals surface area contributed by atoms with E-state index < -0.39 is 0 Å². The average molecular weight is 265 g/mol. The van der Waals surface area contributed by atoms with Gasteiger partial charge in [-0.1, -0.05) is 36.8 Å². The predicted molar refractivity (Wildman–Crippen MR) is 77.2 cm³/mol. The first-order valence-corrected chi connectivity index (χ1v) is 7.22. The molecule has 1 aromatic heterocycles. The number of halogens is 1. The van der Waals surface area contributed by atoms with Gasteiger partial charge in [0.15, 0.2) is 0 Å². The normalized spacial score (nSPS) is 12.6. The molecule has 90 valence electrons. The van der Waals surface area contributed by atoms with Crippen LogP contribution in [-0.2, 0) is 12.8 Å². The maximum absolute atomic E-state index is 6.47. The Kier molecular flexibility index (Phi) is 4.25. The van der Waals surface area contributed by atoms with Gasteiger partial charge in [0.2, 0.25) is 0 Å². The number of hydrogen-bond acceptors (Lipinski definition) is 1. The second kappa shape index (κ2) is 5.70. The first kappa shape index (κ1) is 12.7. The lowest BCUT2D eigenvalue weighted by Gasteiger charge is -2.08. The van der Waals surface area contributed by atoms with Crippen LogP contribution in [0.2, 0.25) is 0 Å². The standard InChI is InChI=1S/C15H17ClS/c1-3-13-7-8-15(17-13)14(16)10-12-6-4-5-11(2)9-12/h4-9,14H,3,10H2,1-2H3. The number of aryl methyl sites for hydroxylation is 2. The molecule has 2 heteroatoms. The van der Waals surface area contributed by atoms with Crippen molar-refractivity contribution in [2.75, 3.05) is 0 Å². The van der Waals surface area contributed by atoms with E-state index in [4.69, 9.17) is 11.6 Å². The molecule has 0 N–H and O–H groups in total. The van der Waals surface area contributed by atoms with Crippen LogP contribution in [0.15, 0.2) is 36.4 Å². The highest BCUT2D eigenvalue weighted by Gasteiger charge is 2.11. The second-order valence-corrected chi connectivity index (χ2v) is 6.05. The molecule has 0 nitrogen and oxygen atoms in total. The molecule has 0 aliphatic carbocycles. The maximum atomic E-state index is 6.47. The van der Waals surface area contributed by atoms with Gasteiger partial charge in [-0.2, -0.15) is 0 Å². The van der Waals surface area contributed by atoms with Crippen LogP contribution in [0.3, 0.4) is 0 Å². The SMILES string of the molecule is CCc1ccc(C(Cl)Cc2cccc(C)c2)s1. The molecule has 0 saturated carbocycles. The van der Waals surface area contributed by atoms with Gasteiger partial charge in [-0.3, -0.25) is 0 Å². The largest absolute Gasteiger partial charge is 0.144 e. The van der Waals surface area contributed by atoms with E-state index in [1.54, 1.807) is 0 Å². The van der Waals surface area contributed by atoms with Crippen LogP contribution in [0.1, 0.15) is 33.2 Å². The van der Waals surface area contributed by atoms with Crippen molar-refractivity contribution in [1.29, 1.82) is 0 Å². The summed E-state index contributed by atoms with van der Waals surface area (Å²) in [7, 11) is 0. The van der Waals surface area contributed by atoms with Crippen molar-refractivity contribution in [3.8, 4) is 0 Å². The van der Waals surface area contributed by atoms with E-state index in [9.17, 15) is 0 Å². The van der Waals surface area contributed by atoms with Crippen LogP contribution < -0.4 is 0 Å². The maximum Gasteiger partial charge on any atom is 0.0718 e. The Morgan fingerprint density at radius 1 is 1.24 bits per heavy atom. The van der Waals surface area contributed by atoms with Gasteiger partial charge in [-0.15, -0.1) is 22.9 Å². The molecule has 2 aromatic rings. The summed E-state index contributed by atoms with van der Waals surface area (Å²) in [6.07, 6.45) is 2.01. The topological polar surface area (TPSA) is 0 Å². The number of benzene rings is 1. The van der Waals surface area contributed by atoms with Crippen LogP contribution in [-0.4, -0.2) is 0 Å². The molecule has 0 radical (unpaired) electrons. The lowest BCUT2D eigenvalue weighted by molar-refractivity contribution is 0.938. The molecule has 1 aromatic carbocycles. The minimum atomic E-state index is 0.0992.